The van der Waals surface area contributed by atoms with E-state index in [1.807, 2.05) is 7.05 Å². The number of H-pyrrole nitrogens is 1. The van der Waals surface area contributed by atoms with E-state index in [2.05, 4.69) is 26.1 Å². The standard InChI is InChI=1S/C10H16BrN3O/c1-14(6-4-2-3-5-11)10(15)9-7-12-13-8-9/h7-8H,2-6H2,1H3,(H,12,13). The van der Waals surface area contributed by atoms with Gasteiger partial charge in [0.1, 0.15) is 0 Å². The van der Waals surface area contributed by atoms with Crippen LogP contribution in [-0.4, -0.2) is 39.9 Å². The summed E-state index contributed by atoms with van der Waals surface area (Å²) in [6, 6.07) is 0. The number of carbonyl (C=O) groups is 1. The lowest BCUT2D eigenvalue weighted by molar-refractivity contribution is 0.0793. The number of aromatic amines is 1. The first-order valence-electron chi connectivity index (χ1n) is 5.06. The second kappa shape index (κ2) is 6.61. The van der Waals surface area contributed by atoms with Gasteiger partial charge in [0.2, 0.25) is 0 Å². The molecule has 0 aliphatic carbocycles. The van der Waals surface area contributed by atoms with Crippen molar-refractivity contribution in [1.29, 1.82) is 0 Å². The molecule has 1 aromatic rings. The third kappa shape index (κ3) is 4.03. The molecule has 0 atom stereocenters. The van der Waals surface area contributed by atoms with Crippen molar-refractivity contribution in [3.8, 4) is 0 Å². The van der Waals surface area contributed by atoms with Crippen molar-refractivity contribution in [2.45, 2.75) is 19.3 Å². The largest absolute Gasteiger partial charge is 0.342 e. The summed E-state index contributed by atoms with van der Waals surface area (Å²) in [5.41, 5.74) is 0.623. The summed E-state index contributed by atoms with van der Waals surface area (Å²) in [4.78, 5) is 13.5. The number of nitrogens with zero attached hydrogens (tertiary/aromatic N) is 2. The predicted octanol–water partition coefficient (Wildman–Crippen LogP) is 2.05. The average Bonchev–Trinajstić information content (AvgIpc) is 2.76. The van der Waals surface area contributed by atoms with Gasteiger partial charge in [-0.1, -0.05) is 22.4 Å². The van der Waals surface area contributed by atoms with Gasteiger partial charge in [0, 0.05) is 25.1 Å². The fourth-order valence-corrected chi connectivity index (χ4v) is 1.71. The molecule has 0 spiro atoms. The van der Waals surface area contributed by atoms with Gasteiger partial charge in [-0.25, -0.2) is 0 Å². The van der Waals surface area contributed by atoms with Gasteiger partial charge in [0.25, 0.3) is 5.91 Å². The highest BCUT2D eigenvalue weighted by Crippen LogP contribution is 2.04. The highest BCUT2D eigenvalue weighted by atomic mass is 79.9. The molecule has 0 fully saturated rings. The number of aromatic nitrogens is 2. The Balaban J connectivity index is 2.28. The first kappa shape index (κ1) is 12.2. The maximum absolute atomic E-state index is 11.7. The fraction of sp³-hybridized carbons (Fsp3) is 0.600. The van der Waals surface area contributed by atoms with Crippen LogP contribution in [0, 0.1) is 0 Å². The number of alkyl halides is 1. The topological polar surface area (TPSA) is 49.0 Å². The normalized spacial score (nSPS) is 10.3. The summed E-state index contributed by atoms with van der Waals surface area (Å²) >= 11 is 3.38. The van der Waals surface area contributed by atoms with E-state index in [-0.39, 0.29) is 5.91 Å². The summed E-state index contributed by atoms with van der Waals surface area (Å²) in [5.74, 6) is 0.0302. The Labute approximate surface area is 98.2 Å². The molecular weight excluding hydrogens is 258 g/mol. The van der Waals surface area contributed by atoms with Crippen LogP contribution in [0.4, 0.5) is 0 Å². The van der Waals surface area contributed by atoms with Crippen molar-refractivity contribution >= 4 is 21.8 Å². The van der Waals surface area contributed by atoms with Crippen LogP contribution in [0.5, 0.6) is 0 Å². The van der Waals surface area contributed by atoms with Crippen molar-refractivity contribution in [2.24, 2.45) is 0 Å². The zero-order valence-corrected chi connectivity index (χ0v) is 10.5. The van der Waals surface area contributed by atoms with Crippen LogP contribution in [0.15, 0.2) is 12.4 Å². The summed E-state index contributed by atoms with van der Waals surface area (Å²) in [6.07, 6.45) is 6.53. The van der Waals surface area contributed by atoms with Crippen molar-refractivity contribution in [2.75, 3.05) is 18.9 Å². The second-order valence-corrected chi connectivity index (χ2v) is 4.26. The molecule has 0 aliphatic heterocycles. The Bertz CT molecular complexity index is 287. The van der Waals surface area contributed by atoms with Crippen LogP contribution < -0.4 is 0 Å². The Morgan fingerprint density at radius 1 is 1.53 bits per heavy atom. The molecule has 0 bridgehead atoms. The molecule has 0 aliphatic rings. The molecule has 0 saturated carbocycles. The molecule has 4 nitrogen and oxygen atoms in total. The van der Waals surface area contributed by atoms with Crippen LogP contribution in [-0.2, 0) is 0 Å². The first-order chi connectivity index (χ1) is 7.25. The van der Waals surface area contributed by atoms with Crippen molar-refractivity contribution in [3.63, 3.8) is 0 Å². The summed E-state index contributed by atoms with van der Waals surface area (Å²) < 4.78 is 0. The smallest absolute Gasteiger partial charge is 0.256 e. The summed E-state index contributed by atoms with van der Waals surface area (Å²) in [7, 11) is 1.82. The molecule has 15 heavy (non-hydrogen) atoms. The molecule has 0 unspecified atom stereocenters. The molecule has 1 amide bonds. The van der Waals surface area contributed by atoms with Crippen LogP contribution in [0.3, 0.4) is 0 Å². The fourth-order valence-electron chi connectivity index (χ4n) is 1.31. The van der Waals surface area contributed by atoms with Gasteiger partial charge in [0.05, 0.1) is 11.8 Å². The Hall–Kier alpha value is -0.840. The number of carbonyl (C=O) groups excluding carboxylic acids is 1. The number of hydrogen-bond donors (Lipinski definition) is 1. The molecule has 84 valence electrons. The van der Waals surface area contributed by atoms with E-state index >= 15 is 0 Å². The lowest BCUT2D eigenvalue weighted by Crippen LogP contribution is -2.27. The first-order valence-corrected chi connectivity index (χ1v) is 6.18. The Morgan fingerprint density at radius 3 is 2.93 bits per heavy atom. The number of unbranched alkanes of at least 4 members (excludes halogenated alkanes) is 2. The third-order valence-electron chi connectivity index (χ3n) is 2.22. The van der Waals surface area contributed by atoms with E-state index in [0.29, 0.717) is 5.56 Å². The monoisotopic (exact) mass is 273 g/mol. The SMILES string of the molecule is CN(CCCCCBr)C(=O)c1cn[nH]c1. The molecule has 1 aromatic heterocycles. The van der Waals surface area contributed by atoms with Gasteiger partial charge in [-0.3, -0.25) is 9.89 Å². The highest BCUT2D eigenvalue weighted by Gasteiger charge is 2.11. The lowest BCUT2D eigenvalue weighted by atomic mass is 10.2. The van der Waals surface area contributed by atoms with Gasteiger partial charge in [0.15, 0.2) is 0 Å². The van der Waals surface area contributed by atoms with E-state index in [0.717, 1.165) is 31.1 Å². The van der Waals surface area contributed by atoms with E-state index in [4.69, 9.17) is 0 Å². The summed E-state index contributed by atoms with van der Waals surface area (Å²) in [5, 5.41) is 7.43. The van der Waals surface area contributed by atoms with E-state index in [1.165, 1.54) is 0 Å². The van der Waals surface area contributed by atoms with Gasteiger partial charge in [-0.2, -0.15) is 5.10 Å². The van der Waals surface area contributed by atoms with Gasteiger partial charge >= 0.3 is 0 Å². The minimum atomic E-state index is 0.0302. The highest BCUT2D eigenvalue weighted by molar-refractivity contribution is 9.09. The zero-order chi connectivity index (χ0) is 11.1. The molecule has 0 aromatic carbocycles. The van der Waals surface area contributed by atoms with Gasteiger partial charge < -0.3 is 4.90 Å². The van der Waals surface area contributed by atoms with E-state index in [1.54, 1.807) is 17.3 Å². The van der Waals surface area contributed by atoms with Crippen LogP contribution in [0.2, 0.25) is 0 Å². The number of rotatable bonds is 6. The van der Waals surface area contributed by atoms with Gasteiger partial charge in [-0.05, 0) is 12.8 Å². The number of halogens is 1. The number of amides is 1. The zero-order valence-electron chi connectivity index (χ0n) is 8.87. The molecule has 5 heteroatoms. The molecule has 1 rings (SSSR count). The van der Waals surface area contributed by atoms with Crippen molar-refractivity contribution in [3.05, 3.63) is 18.0 Å². The van der Waals surface area contributed by atoms with Crippen molar-refractivity contribution < 1.29 is 4.79 Å². The molecule has 0 radical (unpaired) electrons. The minimum Gasteiger partial charge on any atom is -0.342 e. The van der Waals surface area contributed by atoms with E-state index < -0.39 is 0 Å². The number of nitrogens with one attached hydrogen (secondary N) is 1. The van der Waals surface area contributed by atoms with Crippen molar-refractivity contribution in [1.82, 2.24) is 15.1 Å². The maximum Gasteiger partial charge on any atom is 0.256 e. The van der Waals surface area contributed by atoms with Crippen LogP contribution >= 0.6 is 15.9 Å². The minimum absolute atomic E-state index is 0.0302. The maximum atomic E-state index is 11.7. The number of hydrogen-bond acceptors (Lipinski definition) is 2. The van der Waals surface area contributed by atoms with Crippen LogP contribution in [0.1, 0.15) is 29.6 Å². The average molecular weight is 274 g/mol. The predicted molar refractivity (Wildman–Crippen MR) is 63.2 cm³/mol. The Morgan fingerprint density at radius 2 is 2.33 bits per heavy atom. The molecular formula is C10H16BrN3O. The third-order valence-corrected chi connectivity index (χ3v) is 2.78. The van der Waals surface area contributed by atoms with Crippen LogP contribution in [0.25, 0.3) is 0 Å². The summed E-state index contributed by atoms with van der Waals surface area (Å²) in [6.45, 7) is 0.803. The Kier molecular flexibility index (Phi) is 5.39. The molecule has 0 saturated heterocycles. The van der Waals surface area contributed by atoms with E-state index in [9.17, 15) is 4.79 Å². The molecule has 1 N–H and O–H groups in total. The quantitative estimate of drug-likeness (QED) is 0.637. The van der Waals surface area contributed by atoms with Gasteiger partial charge in [-0.15, -0.1) is 0 Å². The second-order valence-electron chi connectivity index (χ2n) is 3.46. The molecule has 1 heterocycles. The lowest BCUT2D eigenvalue weighted by Gasteiger charge is -2.15.